The molecule has 154 valence electrons. The lowest BCUT2D eigenvalue weighted by atomic mass is 10.1. The minimum atomic E-state index is -0.530. The third-order valence-corrected chi connectivity index (χ3v) is 4.14. The molecule has 0 aliphatic heterocycles. The Bertz CT molecular complexity index is 860. The lowest BCUT2D eigenvalue weighted by Gasteiger charge is -2.11. The summed E-state index contributed by atoms with van der Waals surface area (Å²) in [4.78, 5) is 25.0. The van der Waals surface area contributed by atoms with E-state index in [0.717, 1.165) is 18.4 Å². The number of ether oxygens (including phenoxy) is 3. The fourth-order valence-corrected chi connectivity index (χ4v) is 2.60. The molecule has 0 spiro atoms. The first-order chi connectivity index (χ1) is 14.0. The van der Waals surface area contributed by atoms with Gasteiger partial charge in [0, 0.05) is 6.54 Å². The smallest absolute Gasteiger partial charge is 0.315 e. The molecule has 0 aromatic heterocycles. The van der Waals surface area contributed by atoms with Crippen molar-refractivity contribution in [2.75, 3.05) is 20.8 Å². The molecule has 0 bridgehead atoms. The number of methoxy groups -OCH3 is 2. The van der Waals surface area contributed by atoms with Gasteiger partial charge in [-0.1, -0.05) is 37.6 Å². The average molecular weight is 397 g/mol. The van der Waals surface area contributed by atoms with Crippen LogP contribution in [0.15, 0.2) is 54.3 Å². The van der Waals surface area contributed by atoms with Gasteiger partial charge in [0.1, 0.15) is 11.5 Å². The van der Waals surface area contributed by atoms with Crippen LogP contribution < -0.4 is 14.8 Å². The van der Waals surface area contributed by atoms with Crippen molar-refractivity contribution >= 4 is 18.0 Å². The Balaban J connectivity index is 2.18. The van der Waals surface area contributed by atoms with E-state index in [1.54, 1.807) is 62.8 Å². The first-order valence-corrected chi connectivity index (χ1v) is 9.53. The number of hydrogen-bond acceptors (Lipinski definition) is 5. The fraction of sp³-hybridized carbons (Fsp3) is 0.304. The number of hydrogen-bond donors (Lipinski definition) is 1. The lowest BCUT2D eigenvalue weighted by molar-refractivity contribution is -0.142. The first kappa shape index (κ1) is 22.0. The van der Waals surface area contributed by atoms with Gasteiger partial charge in [0.2, 0.25) is 0 Å². The highest BCUT2D eigenvalue weighted by atomic mass is 16.5. The number of rotatable bonds is 10. The van der Waals surface area contributed by atoms with Gasteiger partial charge in [-0.05, 0) is 47.9 Å². The Kier molecular flexibility index (Phi) is 8.76. The number of nitrogens with one attached hydrogen (secondary N) is 1. The van der Waals surface area contributed by atoms with Crippen LogP contribution in [0.3, 0.4) is 0 Å². The molecule has 0 aliphatic carbocycles. The van der Waals surface area contributed by atoms with E-state index < -0.39 is 11.9 Å². The highest BCUT2D eigenvalue weighted by Crippen LogP contribution is 2.17. The topological polar surface area (TPSA) is 73.9 Å². The van der Waals surface area contributed by atoms with Crippen LogP contribution in [0, 0.1) is 0 Å². The molecule has 0 atom stereocenters. The first-order valence-electron chi connectivity index (χ1n) is 9.53. The number of amides is 1. The van der Waals surface area contributed by atoms with Gasteiger partial charge in [-0.15, -0.1) is 0 Å². The van der Waals surface area contributed by atoms with Crippen LogP contribution in [-0.2, 0) is 20.7 Å². The van der Waals surface area contributed by atoms with Crippen LogP contribution in [-0.4, -0.2) is 32.6 Å². The summed E-state index contributed by atoms with van der Waals surface area (Å²) in [6.45, 7) is 2.55. The molecule has 29 heavy (non-hydrogen) atoms. The van der Waals surface area contributed by atoms with Crippen LogP contribution in [0.1, 0.15) is 30.9 Å². The van der Waals surface area contributed by atoms with Crippen LogP contribution in [0.25, 0.3) is 6.08 Å². The second kappa shape index (κ2) is 11.5. The summed E-state index contributed by atoms with van der Waals surface area (Å²) in [7, 11) is 3.13. The summed E-state index contributed by atoms with van der Waals surface area (Å²) in [6, 6.07) is 14.3. The lowest BCUT2D eigenvalue weighted by Crippen LogP contribution is -2.28. The average Bonchev–Trinajstić information content (AvgIpc) is 2.73. The maximum Gasteiger partial charge on any atom is 0.315 e. The van der Waals surface area contributed by atoms with E-state index in [2.05, 4.69) is 5.32 Å². The minimum Gasteiger partial charge on any atom is -0.497 e. The van der Waals surface area contributed by atoms with Crippen molar-refractivity contribution in [2.45, 2.75) is 26.2 Å². The van der Waals surface area contributed by atoms with Crippen molar-refractivity contribution in [2.24, 2.45) is 0 Å². The number of carbonyl (C=O) groups is 2. The summed E-state index contributed by atoms with van der Waals surface area (Å²) in [5.74, 6) is 0.285. The normalized spacial score (nSPS) is 10.9. The molecule has 0 saturated heterocycles. The van der Waals surface area contributed by atoms with Crippen LogP contribution in [0.4, 0.5) is 0 Å². The van der Waals surface area contributed by atoms with Gasteiger partial charge in [0.05, 0.1) is 20.6 Å². The maximum absolute atomic E-state index is 12.6. The van der Waals surface area contributed by atoms with E-state index in [0.29, 0.717) is 23.6 Å². The molecule has 0 heterocycles. The van der Waals surface area contributed by atoms with Gasteiger partial charge in [-0.2, -0.15) is 0 Å². The molecule has 0 fully saturated rings. The number of carbonyl (C=O) groups excluding carboxylic acids is 2. The third-order valence-electron chi connectivity index (χ3n) is 4.14. The number of esters is 1. The van der Waals surface area contributed by atoms with Gasteiger partial charge in [0.15, 0.2) is 5.76 Å². The molecule has 0 aliphatic rings. The molecule has 0 saturated carbocycles. The summed E-state index contributed by atoms with van der Waals surface area (Å²) >= 11 is 0. The van der Waals surface area contributed by atoms with E-state index in [1.165, 1.54) is 6.08 Å². The van der Waals surface area contributed by atoms with E-state index in [9.17, 15) is 9.59 Å². The maximum atomic E-state index is 12.6. The van der Waals surface area contributed by atoms with Crippen LogP contribution >= 0.6 is 0 Å². The Morgan fingerprint density at radius 3 is 2.38 bits per heavy atom. The van der Waals surface area contributed by atoms with Gasteiger partial charge in [0.25, 0.3) is 5.91 Å². The highest BCUT2D eigenvalue weighted by molar-refractivity contribution is 5.98. The van der Waals surface area contributed by atoms with Crippen molar-refractivity contribution in [3.8, 4) is 11.5 Å². The molecular weight excluding hydrogens is 370 g/mol. The van der Waals surface area contributed by atoms with Gasteiger partial charge >= 0.3 is 5.97 Å². The van der Waals surface area contributed by atoms with E-state index in [4.69, 9.17) is 14.2 Å². The zero-order valence-corrected chi connectivity index (χ0v) is 17.1. The standard InChI is InChI=1S/C23H27NO5/c1-4-5-12-24-23(26)21(15-17-8-6-10-19(13-17)27-2)29-22(25)16-18-9-7-11-20(14-18)28-3/h6-11,13-15H,4-5,12,16H2,1-3H3,(H,24,26)/b21-15-. The van der Waals surface area contributed by atoms with Crippen molar-refractivity contribution in [1.82, 2.24) is 5.32 Å². The van der Waals surface area contributed by atoms with E-state index >= 15 is 0 Å². The van der Waals surface area contributed by atoms with Gasteiger partial charge in [-0.25, -0.2) is 0 Å². The SMILES string of the molecule is CCCCNC(=O)/C(=C/c1cccc(OC)c1)OC(=O)Cc1cccc(OC)c1. The Labute approximate surface area is 171 Å². The number of unbranched alkanes of at least 4 members (excludes halogenated alkanes) is 1. The summed E-state index contributed by atoms with van der Waals surface area (Å²) in [6.07, 6.45) is 3.35. The zero-order valence-electron chi connectivity index (χ0n) is 17.1. The molecule has 6 heteroatoms. The summed E-state index contributed by atoms with van der Waals surface area (Å²) in [5, 5.41) is 2.78. The molecule has 1 amide bonds. The quantitative estimate of drug-likeness (QED) is 0.286. The van der Waals surface area contributed by atoms with E-state index in [-0.39, 0.29) is 12.2 Å². The molecule has 6 nitrogen and oxygen atoms in total. The Hall–Kier alpha value is -3.28. The number of benzene rings is 2. The second-order valence-corrected chi connectivity index (χ2v) is 6.40. The van der Waals surface area contributed by atoms with Crippen LogP contribution in [0.2, 0.25) is 0 Å². The fourth-order valence-electron chi connectivity index (χ4n) is 2.60. The Morgan fingerprint density at radius 1 is 1.00 bits per heavy atom. The second-order valence-electron chi connectivity index (χ2n) is 6.40. The van der Waals surface area contributed by atoms with Crippen molar-refractivity contribution in [1.29, 1.82) is 0 Å². The highest BCUT2D eigenvalue weighted by Gasteiger charge is 2.16. The molecule has 0 radical (unpaired) electrons. The van der Waals surface area contributed by atoms with Crippen molar-refractivity contribution in [3.63, 3.8) is 0 Å². The molecule has 1 N–H and O–H groups in total. The Morgan fingerprint density at radius 2 is 1.69 bits per heavy atom. The van der Waals surface area contributed by atoms with Gasteiger partial charge in [-0.3, -0.25) is 9.59 Å². The van der Waals surface area contributed by atoms with Crippen molar-refractivity contribution in [3.05, 3.63) is 65.4 Å². The molecule has 2 aromatic rings. The van der Waals surface area contributed by atoms with Crippen LogP contribution in [0.5, 0.6) is 11.5 Å². The molecule has 0 unspecified atom stereocenters. The summed E-state index contributed by atoms with van der Waals surface area (Å²) in [5.41, 5.74) is 1.43. The van der Waals surface area contributed by atoms with E-state index in [1.807, 2.05) is 6.92 Å². The molecule has 2 rings (SSSR count). The minimum absolute atomic E-state index is 0.0227. The third kappa shape index (κ3) is 7.33. The molecule has 2 aromatic carbocycles. The largest absolute Gasteiger partial charge is 0.497 e. The summed E-state index contributed by atoms with van der Waals surface area (Å²) < 4.78 is 15.8. The predicted molar refractivity (Wildman–Crippen MR) is 112 cm³/mol. The predicted octanol–water partition coefficient (Wildman–Crippen LogP) is 3.75. The monoisotopic (exact) mass is 397 g/mol. The zero-order chi connectivity index (χ0) is 21.1. The van der Waals surface area contributed by atoms with Gasteiger partial charge < -0.3 is 19.5 Å². The molecular formula is C23H27NO5. The van der Waals surface area contributed by atoms with Crippen molar-refractivity contribution < 1.29 is 23.8 Å².